The van der Waals surface area contributed by atoms with Crippen LogP contribution in [0.4, 0.5) is 0 Å². The van der Waals surface area contributed by atoms with Crippen molar-refractivity contribution in [3.63, 3.8) is 0 Å². The van der Waals surface area contributed by atoms with Crippen molar-refractivity contribution in [2.75, 3.05) is 13.3 Å². The largest absolute Gasteiger partial charge is 0.454 e. The highest BCUT2D eigenvalue weighted by Crippen LogP contribution is 2.35. The lowest BCUT2D eigenvalue weighted by atomic mass is 10.1. The summed E-state index contributed by atoms with van der Waals surface area (Å²) >= 11 is 0. The number of aromatic amines is 2. The molecule has 1 aromatic carbocycles. The van der Waals surface area contributed by atoms with Crippen LogP contribution >= 0.6 is 0 Å². The van der Waals surface area contributed by atoms with Crippen molar-refractivity contribution in [1.82, 2.24) is 10.2 Å². The number of hydrogen-bond acceptors (Lipinski definition) is 4. The van der Waals surface area contributed by atoms with Crippen LogP contribution in [0, 0.1) is 0 Å². The predicted molar refractivity (Wildman–Crippen MR) is 65.7 cm³/mol. The van der Waals surface area contributed by atoms with E-state index >= 15 is 0 Å². The maximum Gasteiger partial charge on any atom is 0.267 e. The van der Waals surface area contributed by atoms with Gasteiger partial charge in [0.25, 0.3) is 5.56 Å². The zero-order valence-corrected chi connectivity index (χ0v) is 9.66. The van der Waals surface area contributed by atoms with Crippen LogP contribution in [0.1, 0.15) is 5.56 Å². The number of nitrogens with one attached hydrogen (secondary N) is 2. The standard InChI is InChI=1S/C12H13N3O3/c13-4-3-8-11(14-15-12(8)16)7-1-2-9-10(5-7)18-6-17-9/h1-2,5H,3-4,6,13H2,(H2,14,15,16). The number of nitrogens with two attached hydrogens (primary N) is 1. The van der Waals surface area contributed by atoms with Crippen molar-refractivity contribution >= 4 is 0 Å². The molecule has 0 radical (unpaired) electrons. The third-order valence-corrected chi connectivity index (χ3v) is 2.93. The Morgan fingerprint density at radius 1 is 1.22 bits per heavy atom. The van der Waals surface area contributed by atoms with Crippen LogP contribution in [0.15, 0.2) is 23.0 Å². The first-order chi connectivity index (χ1) is 8.79. The van der Waals surface area contributed by atoms with E-state index in [2.05, 4.69) is 10.2 Å². The number of fused-ring (bicyclic) bond motifs is 1. The van der Waals surface area contributed by atoms with E-state index in [0.717, 1.165) is 17.0 Å². The lowest BCUT2D eigenvalue weighted by Gasteiger charge is -2.03. The fraction of sp³-hybridized carbons (Fsp3) is 0.250. The molecule has 0 saturated carbocycles. The number of benzene rings is 1. The molecule has 0 atom stereocenters. The van der Waals surface area contributed by atoms with E-state index in [4.69, 9.17) is 15.2 Å². The lowest BCUT2D eigenvalue weighted by molar-refractivity contribution is 0.174. The summed E-state index contributed by atoms with van der Waals surface area (Å²) in [6.07, 6.45) is 0.530. The van der Waals surface area contributed by atoms with Crippen LogP contribution in [-0.2, 0) is 6.42 Å². The summed E-state index contributed by atoms with van der Waals surface area (Å²) in [5, 5.41) is 5.46. The molecule has 0 bridgehead atoms. The molecule has 0 saturated heterocycles. The van der Waals surface area contributed by atoms with Crippen LogP contribution in [0.25, 0.3) is 11.3 Å². The summed E-state index contributed by atoms with van der Waals surface area (Å²) in [6.45, 7) is 0.663. The minimum atomic E-state index is -0.131. The Balaban J connectivity index is 2.07. The van der Waals surface area contributed by atoms with Gasteiger partial charge in [0, 0.05) is 11.1 Å². The number of ether oxygens (including phenoxy) is 2. The van der Waals surface area contributed by atoms with Gasteiger partial charge in [-0.2, -0.15) is 0 Å². The molecule has 0 aliphatic carbocycles. The third-order valence-electron chi connectivity index (χ3n) is 2.93. The molecule has 6 heteroatoms. The van der Waals surface area contributed by atoms with Gasteiger partial charge in [0.1, 0.15) is 0 Å². The van der Waals surface area contributed by atoms with Gasteiger partial charge in [-0.05, 0) is 31.2 Å². The second-order valence-electron chi connectivity index (χ2n) is 4.04. The molecule has 2 heterocycles. The van der Waals surface area contributed by atoms with Crippen molar-refractivity contribution in [1.29, 1.82) is 0 Å². The zero-order valence-electron chi connectivity index (χ0n) is 9.66. The molecule has 0 fully saturated rings. The minimum Gasteiger partial charge on any atom is -0.454 e. The first kappa shape index (κ1) is 10.9. The molecule has 4 N–H and O–H groups in total. The Morgan fingerprint density at radius 2 is 2.06 bits per heavy atom. The Morgan fingerprint density at radius 3 is 2.89 bits per heavy atom. The summed E-state index contributed by atoms with van der Waals surface area (Å²) in [5.74, 6) is 1.41. The number of aromatic nitrogens is 2. The average Bonchev–Trinajstić information content (AvgIpc) is 2.97. The smallest absolute Gasteiger partial charge is 0.267 e. The molecule has 2 aromatic rings. The molecular weight excluding hydrogens is 234 g/mol. The van der Waals surface area contributed by atoms with E-state index in [1.54, 1.807) is 0 Å². The Hall–Kier alpha value is -2.21. The van der Waals surface area contributed by atoms with Crippen molar-refractivity contribution in [3.8, 4) is 22.8 Å². The topological polar surface area (TPSA) is 93.1 Å². The molecule has 3 rings (SSSR count). The van der Waals surface area contributed by atoms with E-state index in [1.165, 1.54) is 0 Å². The van der Waals surface area contributed by atoms with Crippen molar-refractivity contribution < 1.29 is 9.47 Å². The molecule has 0 amide bonds. The maximum atomic E-state index is 11.6. The summed E-state index contributed by atoms with van der Waals surface area (Å²) in [6, 6.07) is 5.56. The second kappa shape index (κ2) is 4.23. The quantitative estimate of drug-likeness (QED) is 0.740. The van der Waals surface area contributed by atoms with Crippen LogP contribution < -0.4 is 20.8 Å². The van der Waals surface area contributed by atoms with E-state index in [1.807, 2.05) is 18.2 Å². The SMILES string of the molecule is NCCc1c(-c2ccc3c(c2)OCO3)[nH][nH]c1=O. The molecule has 0 unspecified atom stereocenters. The Bertz CT molecular complexity index is 630. The normalized spacial score (nSPS) is 12.9. The van der Waals surface area contributed by atoms with Crippen LogP contribution in [-0.4, -0.2) is 23.5 Å². The van der Waals surface area contributed by atoms with Crippen LogP contribution in [0.2, 0.25) is 0 Å². The number of rotatable bonds is 3. The van der Waals surface area contributed by atoms with Gasteiger partial charge in [-0.15, -0.1) is 0 Å². The highest BCUT2D eigenvalue weighted by molar-refractivity contribution is 5.66. The molecule has 0 spiro atoms. The third kappa shape index (κ3) is 1.67. The Kier molecular flexibility index (Phi) is 2.56. The van der Waals surface area contributed by atoms with Crippen LogP contribution in [0.5, 0.6) is 11.5 Å². The van der Waals surface area contributed by atoms with Gasteiger partial charge in [-0.3, -0.25) is 15.0 Å². The second-order valence-corrected chi connectivity index (χ2v) is 4.04. The molecule has 6 nitrogen and oxygen atoms in total. The van der Waals surface area contributed by atoms with Gasteiger partial charge in [-0.1, -0.05) is 0 Å². The summed E-state index contributed by atoms with van der Waals surface area (Å²) in [4.78, 5) is 11.6. The molecule has 1 aliphatic heterocycles. The number of H-pyrrole nitrogens is 2. The minimum absolute atomic E-state index is 0.131. The fourth-order valence-electron chi connectivity index (χ4n) is 2.06. The Labute approximate surface area is 103 Å². The monoisotopic (exact) mass is 247 g/mol. The van der Waals surface area contributed by atoms with Crippen molar-refractivity contribution in [2.24, 2.45) is 5.73 Å². The van der Waals surface area contributed by atoms with Gasteiger partial charge in [-0.25, -0.2) is 0 Å². The number of hydrogen-bond donors (Lipinski definition) is 3. The van der Waals surface area contributed by atoms with E-state index in [0.29, 0.717) is 24.3 Å². The van der Waals surface area contributed by atoms with Crippen molar-refractivity contribution in [3.05, 3.63) is 34.1 Å². The molecule has 18 heavy (non-hydrogen) atoms. The highest BCUT2D eigenvalue weighted by Gasteiger charge is 2.17. The van der Waals surface area contributed by atoms with Gasteiger partial charge in [0.2, 0.25) is 6.79 Å². The summed E-state index contributed by atoms with van der Waals surface area (Å²) in [7, 11) is 0. The average molecular weight is 247 g/mol. The van der Waals surface area contributed by atoms with E-state index < -0.39 is 0 Å². The van der Waals surface area contributed by atoms with E-state index in [9.17, 15) is 4.79 Å². The highest BCUT2D eigenvalue weighted by atomic mass is 16.7. The van der Waals surface area contributed by atoms with Gasteiger partial charge >= 0.3 is 0 Å². The predicted octanol–water partition coefficient (Wildman–Crippen LogP) is 0.600. The van der Waals surface area contributed by atoms with Gasteiger partial charge < -0.3 is 15.2 Å². The summed E-state index contributed by atoms with van der Waals surface area (Å²) < 4.78 is 10.6. The fourth-order valence-corrected chi connectivity index (χ4v) is 2.06. The maximum absolute atomic E-state index is 11.6. The molecule has 1 aliphatic rings. The molecular formula is C12H13N3O3. The van der Waals surface area contributed by atoms with Crippen molar-refractivity contribution in [2.45, 2.75) is 6.42 Å². The van der Waals surface area contributed by atoms with Crippen LogP contribution in [0.3, 0.4) is 0 Å². The van der Waals surface area contributed by atoms with Gasteiger partial charge in [0.05, 0.1) is 5.69 Å². The zero-order chi connectivity index (χ0) is 12.5. The summed E-state index contributed by atoms with van der Waals surface area (Å²) in [5.41, 5.74) is 7.68. The van der Waals surface area contributed by atoms with Gasteiger partial charge in [0.15, 0.2) is 11.5 Å². The van der Waals surface area contributed by atoms with E-state index in [-0.39, 0.29) is 12.4 Å². The first-order valence-electron chi connectivity index (χ1n) is 5.69. The molecule has 94 valence electrons. The first-order valence-corrected chi connectivity index (χ1v) is 5.69. The lowest BCUT2D eigenvalue weighted by Crippen LogP contribution is -2.12. The molecule has 1 aromatic heterocycles.